The summed E-state index contributed by atoms with van der Waals surface area (Å²) in [7, 11) is 1.87. The van der Waals surface area contributed by atoms with E-state index in [1.54, 1.807) is 0 Å². The fourth-order valence-corrected chi connectivity index (χ4v) is 4.01. The van der Waals surface area contributed by atoms with Gasteiger partial charge in [-0.05, 0) is 54.0 Å². The van der Waals surface area contributed by atoms with Gasteiger partial charge in [0.15, 0.2) is 0 Å². The Morgan fingerprint density at radius 1 is 0.971 bits per heavy atom. The molecule has 0 aliphatic rings. The number of hydrogen-bond donors (Lipinski definition) is 1. The molecular formula is C30H43NO4. The van der Waals surface area contributed by atoms with E-state index >= 15 is 0 Å². The Hall–Kier alpha value is -2.82. The quantitative estimate of drug-likeness (QED) is 0.259. The van der Waals surface area contributed by atoms with E-state index in [1.165, 1.54) is 19.3 Å². The molecule has 2 rings (SSSR count). The van der Waals surface area contributed by atoms with Crippen LogP contribution in [0.3, 0.4) is 0 Å². The number of aliphatic carboxylic acids is 1. The van der Waals surface area contributed by atoms with E-state index in [9.17, 15) is 9.59 Å². The lowest BCUT2D eigenvalue weighted by atomic mass is 9.99. The number of carboxylic acids is 1. The lowest BCUT2D eigenvalue weighted by Crippen LogP contribution is -2.25. The number of carboxylic acid groups (broad SMARTS) is 1. The summed E-state index contributed by atoms with van der Waals surface area (Å²) in [5.74, 6) is 0.704. The van der Waals surface area contributed by atoms with E-state index in [4.69, 9.17) is 9.84 Å². The summed E-state index contributed by atoms with van der Waals surface area (Å²) < 4.78 is 6.17. The molecule has 0 spiro atoms. The van der Waals surface area contributed by atoms with E-state index in [-0.39, 0.29) is 12.3 Å². The minimum Gasteiger partial charge on any atom is -0.493 e. The van der Waals surface area contributed by atoms with E-state index in [1.807, 2.05) is 36.2 Å². The molecule has 0 aliphatic carbocycles. The third kappa shape index (κ3) is 10.5. The molecule has 0 saturated carbocycles. The van der Waals surface area contributed by atoms with Crippen molar-refractivity contribution in [2.45, 2.75) is 85.1 Å². The van der Waals surface area contributed by atoms with Crippen molar-refractivity contribution in [1.29, 1.82) is 0 Å². The van der Waals surface area contributed by atoms with Gasteiger partial charge in [-0.15, -0.1) is 0 Å². The normalized spacial score (nSPS) is 11.0. The maximum Gasteiger partial charge on any atom is 0.303 e. The highest BCUT2D eigenvalue weighted by Crippen LogP contribution is 2.32. The number of hydrogen-bond acceptors (Lipinski definition) is 3. The van der Waals surface area contributed by atoms with Crippen molar-refractivity contribution in [3.63, 3.8) is 0 Å². The summed E-state index contributed by atoms with van der Waals surface area (Å²) in [5.41, 5.74) is 4.05. The molecule has 0 aromatic heterocycles. The van der Waals surface area contributed by atoms with Crippen LogP contribution in [0, 0.1) is 5.92 Å². The Kier molecular flexibility index (Phi) is 12.4. The monoisotopic (exact) mass is 481 g/mol. The molecular weight excluding hydrogens is 438 g/mol. The molecule has 0 saturated heterocycles. The smallest absolute Gasteiger partial charge is 0.303 e. The van der Waals surface area contributed by atoms with Gasteiger partial charge in [0.05, 0.1) is 6.61 Å². The van der Waals surface area contributed by atoms with Gasteiger partial charge < -0.3 is 14.7 Å². The van der Waals surface area contributed by atoms with Crippen LogP contribution in [0.2, 0.25) is 0 Å². The van der Waals surface area contributed by atoms with Crippen LogP contribution in [0.1, 0.15) is 83.3 Å². The molecule has 35 heavy (non-hydrogen) atoms. The predicted molar refractivity (Wildman–Crippen MR) is 143 cm³/mol. The van der Waals surface area contributed by atoms with Gasteiger partial charge in [-0.25, -0.2) is 0 Å². The zero-order valence-electron chi connectivity index (χ0n) is 22.0. The molecule has 2 aromatic rings. The van der Waals surface area contributed by atoms with Gasteiger partial charge in [-0.2, -0.15) is 0 Å². The number of unbranched alkanes of at least 4 members (excludes halogenated alkanes) is 4. The van der Waals surface area contributed by atoms with E-state index < -0.39 is 5.97 Å². The molecule has 1 N–H and O–H groups in total. The molecule has 0 atom stereocenters. The molecule has 0 heterocycles. The fourth-order valence-electron chi connectivity index (χ4n) is 4.01. The number of amides is 1. The second-order valence-corrected chi connectivity index (χ2v) is 9.87. The summed E-state index contributed by atoms with van der Waals surface area (Å²) in [6.45, 7) is 7.71. The lowest BCUT2D eigenvalue weighted by Gasteiger charge is -2.19. The van der Waals surface area contributed by atoms with Crippen LogP contribution >= 0.6 is 0 Å². The first kappa shape index (κ1) is 28.4. The van der Waals surface area contributed by atoms with Crippen molar-refractivity contribution in [3.05, 3.63) is 53.6 Å². The Morgan fingerprint density at radius 3 is 2.46 bits per heavy atom. The van der Waals surface area contributed by atoms with Crippen LogP contribution in [0.4, 0.5) is 0 Å². The number of benzene rings is 2. The highest BCUT2D eigenvalue weighted by atomic mass is 16.5. The number of rotatable bonds is 16. The van der Waals surface area contributed by atoms with Gasteiger partial charge in [0, 0.05) is 32.0 Å². The summed E-state index contributed by atoms with van der Waals surface area (Å²) in [4.78, 5) is 25.4. The lowest BCUT2D eigenvalue weighted by molar-refractivity contribution is -0.137. The van der Waals surface area contributed by atoms with Crippen LogP contribution < -0.4 is 4.74 Å². The second kappa shape index (κ2) is 15.2. The highest BCUT2D eigenvalue weighted by molar-refractivity contribution is 5.76. The van der Waals surface area contributed by atoms with Crippen LogP contribution in [-0.2, 0) is 22.6 Å². The van der Waals surface area contributed by atoms with Gasteiger partial charge in [0.25, 0.3) is 0 Å². The average Bonchev–Trinajstić information content (AvgIpc) is 2.82. The molecule has 0 aliphatic heterocycles. The standard InChI is InChI=1S/C30H43NO4/c1-5-6-7-8-9-13-29(32)31(4)22-25-11-10-12-26(20-25)27-16-14-24(15-17-30(33)34)21-28(27)35-19-18-23(2)3/h10-12,14,16,20-21,23H,5-9,13,15,17-19,22H2,1-4H3,(H,33,34). The Morgan fingerprint density at radius 2 is 1.74 bits per heavy atom. The summed E-state index contributed by atoms with van der Waals surface area (Å²) in [6, 6.07) is 14.2. The first-order chi connectivity index (χ1) is 16.8. The zero-order valence-corrected chi connectivity index (χ0v) is 22.0. The Labute approximate surface area is 211 Å². The van der Waals surface area contributed by atoms with Crippen LogP contribution in [0.25, 0.3) is 11.1 Å². The van der Waals surface area contributed by atoms with E-state index in [2.05, 4.69) is 39.0 Å². The summed E-state index contributed by atoms with van der Waals surface area (Å²) in [6.07, 6.45) is 7.84. The van der Waals surface area contributed by atoms with Crippen molar-refractivity contribution >= 4 is 11.9 Å². The second-order valence-electron chi connectivity index (χ2n) is 9.87. The molecule has 2 aromatic carbocycles. The zero-order chi connectivity index (χ0) is 25.6. The molecule has 0 fully saturated rings. The Bertz CT molecular complexity index is 938. The van der Waals surface area contributed by atoms with Gasteiger partial charge in [0.2, 0.25) is 5.91 Å². The average molecular weight is 482 g/mol. The molecule has 192 valence electrons. The van der Waals surface area contributed by atoms with Crippen LogP contribution in [0.15, 0.2) is 42.5 Å². The summed E-state index contributed by atoms with van der Waals surface area (Å²) in [5, 5.41) is 9.04. The highest BCUT2D eigenvalue weighted by Gasteiger charge is 2.13. The maximum absolute atomic E-state index is 12.6. The third-order valence-electron chi connectivity index (χ3n) is 6.20. The third-order valence-corrected chi connectivity index (χ3v) is 6.20. The first-order valence-corrected chi connectivity index (χ1v) is 13.1. The number of aryl methyl sites for hydroxylation is 1. The molecule has 5 heteroatoms. The number of carbonyl (C=O) groups excluding carboxylic acids is 1. The molecule has 0 bridgehead atoms. The number of carbonyl (C=O) groups is 2. The van der Waals surface area contributed by atoms with Gasteiger partial charge in [-0.1, -0.05) is 76.8 Å². The van der Waals surface area contributed by atoms with Crippen molar-refractivity contribution in [2.24, 2.45) is 5.92 Å². The van der Waals surface area contributed by atoms with Crippen LogP contribution in [0.5, 0.6) is 5.75 Å². The number of ether oxygens (including phenoxy) is 1. The van der Waals surface area contributed by atoms with Crippen molar-refractivity contribution in [1.82, 2.24) is 4.90 Å². The largest absolute Gasteiger partial charge is 0.493 e. The number of nitrogens with zero attached hydrogens (tertiary/aromatic N) is 1. The van der Waals surface area contributed by atoms with Gasteiger partial charge >= 0.3 is 5.97 Å². The molecule has 0 radical (unpaired) electrons. The Balaban J connectivity index is 2.13. The first-order valence-electron chi connectivity index (χ1n) is 13.1. The molecule has 0 unspecified atom stereocenters. The van der Waals surface area contributed by atoms with Crippen molar-refractivity contribution < 1.29 is 19.4 Å². The maximum atomic E-state index is 12.6. The van der Waals surface area contributed by atoms with Gasteiger partial charge in [-0.3, -0.25) is 9.59 Å². The predicted octanol–water partition coefficient (Wildman–Crippen LogP) is 7.11. The SMILES string of the molecule is CCCCCCCC(=O)N(C)Cc1cccc(-c2ccc(CCC(=O)O)cc2OCCC(C)C)c1. The van der Waals surface area contributed by atoms with E-state index in [0.29, 0.717) is 31.9 Å². The topological polar surface area (TPSA) is 66.8 Å². The minimum atomic E-state index is -0.802. The minimum absolute atomic E-state index is 0.0965. The molecule has 5 nitrogen and oxygen atoms in total. The van der Waals surface area contributed by atoms with Crippen molar-refractivity contribution in [3.8, 4) is 16.9 Å². The van der Waals surface area contributed by atoms with Crippen LogP contribution in [-0.4, -0.2) is 35.5 Å². The summed E-state index contributed by atoms with van der Waals surface area (Å²) >= 11 is 0. The van der Waals surface area contributed by atoms with Gasteiger partial charge in [0.1, 0.15) is 5.75 Å². The fraction of sp³-hybridized carbons (Fsp3) is 0.533. The molecule has 1 amide bonds. The van der Waals surface area contributed by atoms with E-state index in [0.717, 1.165) is 47.3 Å². The van der Waals surface area contributed by atoms with Crippen molar-refractivity contribution in [2.75, 3.05) is 13.7 Å².